The Labute approximate surface area is 132 Å². The molecule has 22 heavy (non-hydrogen) atoms. The van der Waals surface area contributed by atoms with Gasteiger partial charge in [-0.15, -0.1) is 12.4 Å². The lowest BCUT2D eigenvalue weighted by atomic mass is 10.1. The molecule has 1 aromatic carbocycles. The Balaban J connectivity index is 0.00000441. The van der Waals surface area contributed by atoms with Gasteiger partial charge in [-0.3, -0.25) is 0 Å². The lowest BCUT2D eigenvalue weighted by Crippen LogP contribution is -2.43. The second-order valence-electron chi connectivity index (χ2n) is 4.09. The predicted octanol–water partition coefficient (Wildman–Crippen LogP) is -0.694. The molecular formula is C11H19ClN6O4. The second kappa shape index (κ2) is 8.24. The molecule has 0 spiro atoms. The van der Waals surface area contributed by atoms with Crippen molar-refractivity contribution < 1.29 is 19.4 Å². The summed E-state index contributed by atoms with van der Waals surface area (Å²) in [6.07, 6.45) is 0. The van der Waals surface area contributed by atoms with Crippen LogP contribution in [0.1, 0.15) is 5.56 Å². The van der Waals surface area contributed by atoms with E-state index in [9.17, 15) is 9.59 Å². The van der Waals surface area contributed by atoms with Gasteiger partial charge in [0.05, 0.1) is 12.3 Å². The van der Waals surface area contributed by atoms with Gasteiger partial charge in [0.25, 0.3) is 0 Å². The van der Waals surface area contributed by atoms with E-state index in [1.54, 1.807) is 6.92 Å². The number of hydrogen-bond acceptors (Lipinski definition) is 6. The summed E-state index contributed by atoms with van der Waals surface area (Å²) in [4.78, 5) is 22.4. The molecular weight excluding hydrogens is 316 g/mol. The smallest absolute Gasteiger partial charge is 0.333 e. The van der Waals surface area contributed by atoms with Crippen molar-refractivity contribution >= 4 is 35.8 Å². The summed E-state index contributed by atoms with van der Waals surface area (Å²) < 4.78 is 5.28. The molecule has 0 heterocycles. The predicted molar refractivity (Wildman–Crippen MR) is 83.5 cm³/mol. The molecule has 0 aliphatic carbocycles. The van der Waals surface area contributed by atoms with E-state index in [1.165, 1.54) is 12.1 Å². The molecule has 0 aromatic heterocycles. The molecule has 0 aliphatic heterocycles. The van der Waals surface area contributed by atoms with Gasteiger partial charge in [0.2, 0.25) is 0 Å². The first kappa shape index (κ1) is 19.7. The molecule has 0 saturated heterocycles. The molecule has 11 heteroatoms. The molecule has 4 amide bonds. The number of carbonyl (C=O) groups is 2. The van der Waals surface area contributed by atoms with Crippen molar-refractivity contribution in [3.63, 3.8) is 0 Å². The summed E-state index contributed by atoms with van der Waals surface area (Å²) in [6, 6.07) is 0.987. The molecule has 0 fully saturated rings. The van der Waals surface area contributed by atoms with E-state index in [2.05, 4.69) is 0 Å². The number of anilines is 2. The zero-order valence-electron chi connectivity index (χ0n) is 11.9. The van der Waals surface area contributed by atoms with Crippen LogP contribution >= 0.6 is 12.4 Å². The number of primary amides is 2. The number of carbonyl (C=O) groups excluding carboxylic acids is 2. The topological polar surface area (TPSA) is 174 Å². The van der Waals surface area contributed by atoms with Crippen LogP contribution in [-0.2, 0) is 0 Å². The fourth-order valence-electron chi connectivity index (χ4n) is 1.62. The number of aliphatic hydroxyl groups excluding tert-OH is 1. The van der Waals surface area contributed by atoms with Crippen LogP contribution in [0, 0.1) is 6.92 Å². The normalized spacial score (nSPS) is 9.64. The molecule has 0 aliphatic rings. The van der Waals surface area contributed by atoms with Crippen LogP contribution in [0.4, 0.5) is 21.0 Å². The Morgan fingerprint density at radius 3 is 2.09 bits per heavy atom. The number of halogens is 1. The summed E-state index contributed by atoms with van der Waals surface area (Å²) in [7, 11) is 0. The number of benzene rings is 1. The fraction of sp³-hybridized carbons (Fsp3) is 0.273. The number of urea groups is 2. The second-order valence-corrected chi connectivity index (χ2v) is 4.09. The number of hydrogen-bond donors (Lipinski definition) is 5. The average molecular weight is 335 g/mol. The molecule has 124 valence electrons. The number of nitrogens with zero attached hydrogens (tertiary/aromatic N) is 2. The Morgan fingerprint density at radius 1 is 1.14 bits per heavy atom. The minimum absolute atomic E-state index is 0. The maximum atomic E-state index is 11.2. The quantitative estimate of drug-likeness (QED) is 0.270. The van der Waals surface area contributed by atoms with Crippen molar-refractivity contribution in [1.82, 2.24) is 0 Å². The van der Waals surface area contributed by atoms with Gasteiger partial charge in [0.1, 0.15) is 18.0 Å². The lowest BCUT2D eigenvalue weighted by Gasteiger charge is -2.23. The summed E-state index contributed by atoms with van der Waals surface area (Å²) in [5, 5.41) is 10.1. The highest BCUT2D eigenvalue weighted by atomic mass is 35.5. The first-order valence-corrected chi connectivity index (χ1v) is 5.86. The zero-order chi connectivity index (χ0) is 16.2. The number of hydrazine groups is 2. The largest absolute Gasteiger partial charge is 0.489 e. The van der Waals surface area contributed by atoms with E-state index in [1.807, 2.05) is 0 Å². The van der Waals surface area contributed by atoms with Crippen LogP contribution in [0.15, 0.2) is 12.1 Å². The van der Waals surface area contributed by atoms with Crippen LogP contribution in [0.3, 0.4) is 0 Å². The summed E-state index contributed by atoms with van der Waals surface area (Å²) >= 11 is 0. The molecule has 9 N–H and O–H groups in total. The third-order valence-corrected chi connectivity index (χ3v) is 2.62. The molecule has 0 atom stereocenters. The molecule has 1 aromatic rings. The number of rotatable bonds is 5. The highest BCUT2D eigenvalue weighted by Crippen LogP contribution is 2.34. The Kier molecular flexibility index (Phi) is 7.39. The molecule has 0 unspecified atom stereocenters. The molecule has 1 rings (SSSR count). The van der Waals surface area contributed by atoms with Crippen LogP contribution < -0.4 is 37.9 Å². The fourth-order valence-corrected chi connectivity index (χ4v) is 1.62. The Bertz CT molecular complexity index is 556. The number of amides is 4. The number of ether oxygens (including phenoxy) is 1. The Morgan fingerprint density at radius 2 is 1.64 bits per heavy atom. The lowest BCUT2D eigenvalue weighted by molar-refractivity contribution is 0.201. The van der Waals surface area contributed by atoms with E-state index >= 15 is 0 Å². The van der Waals surface area contributed by atoms with Crippen molar-refractivity contribution in [2.75, 3.05) is 23.2 Å². The van der Waals surface area contributed by atoms with Crippen LogP contribution in [0.5, 0.6) is 5.75 Å². The minimum Gasteiger partial charge on any atom is -0.489 e. The van der Waals surface area contributed by atoms with E-state index in [0.717, 1.165) is 0 Å². The van der Waals surface area contributed by atoms with E-state index < -0.39 is 12.1 Å². The van der Waals surface area contributed by atoms with Gasteiger partial charge >= 0.3 is 12.1 Å². The van der Waals surface area contributed by atoms with E-state index in [4.69, 9.17) is 33.0 Å². The molecule has 0 radical (unpaired) electrons. The Hall–Kier alpha value is -2.27. The van der Waals surface area contributed by atoms with Gasteiger partial charge in [0, 0.05) is 0 Å². The third-order valence-electron chi connectivity index (χ3n) is 2.62. The highest BCUT2D eigenvalue weighted by molar-refractivity contribution is 5.95. The van der Waals surface area contributed by atoms with Gasteiger partial charge in [0.15, 0.2) is 0 Å². The van der Waals surface area contributed by atoms with Gasteiger partial charge in [-0.05, 0) is 24.6 Å². The molecule has 0 bridgehead atoms. The van der Waals surface area contributed by atoms with Gasteiger partial charge in [-0.25, -0.2) is 31.3 Å². The van der Waals surface area contributed by atoms with Gasteiger partial charge in [-0.1, -0.05) is 0 Å². The van der Waals surface area contributed by atoms with Crippen molar-refractivity contribution in [3.8, 4) is 5.75 Å². The molecule has 10 nitrogen and oxygen atoms in total. The van der Waals surface area contributed by atoms with Gasteiger partial charge in [-0.2, -0.15) is 0 Å². The van der Waals surface area contributed by atoms with Crippen molar-refractivity contribution in [3.05, 3.63) is 17.7 Å². The summed E-state index contributed by atoms with van der Waals surface area (Å²) in [6.45, 7) is 1.41. The summed E-state index contributed by atoms with van der Waals surface area (Å²) in [5.74, 6) is 11.3. The zero-order valence-corrected chi connectivity index (χ0v) is 12.7. The van der Waals surface area contributed by atoms with Gasteiger partial charge < -0.3 is 21.3 Å². The highest BCUT2D eigenvalue weighted by Gasteiger charge is 2.20. The van der Waals surface area contributed by atoms with Crippen molar-refractivity contribution in [2.24, 2.45) is 23.2 Å². The maximum Gasteiger partial charge on any atom is 0.333 e. The molecule has 0 saturated carbocycles. The number of aliphatic hydroxyl groups is 1. The van der Waals surface area contributed by atoms with Crippen molar-refractivity contribution in [2.45, 2.75) is 6.92 Å². The third kappa shape index (κ3) is 4.36. The van der Waals surface area contributed by atoms with Crippen LogP contribution in [0.25, 0.3) is 0 Å². The van der Waals surface area contributed by atoms with Crippen LogP contribution in [0.2, 0.25) is 0 Å². The van der Waals surface area contributed by atoms with Crippen LogP contribution in [-0.4, -0.2) is 30.4 Å². The first-order valence-electron chi connectivity index (χ1n) is 5.86. The SMILES string of the molecule is Cc1cc(OCCO)c(N(N)C(N)=O)cc1N(N)C(N)=O.Cl. The van der Waals surface area contributed by atoms with E-state index in [0.29, 0.717) is 15.6 Å². The summed E-state index contributed by atoms with van der Waals surface area (Å²) in [5.41, 5.74) is 11.1. The number of aryl methyl sites for hydroxylation is 1. The first-order chi connectivity index (χ1) is 9.79. The van der Waals surface area contributed by atoms with Crippen molar-refractivity contribution in [1.29, 1.82) is 0 Å². The number of nitrogens with two attached hydrogens (primary N) is 4. The van der Waals surface area contributed by atoms with E-state index in [-0.39, 0.29) is 42.7 Å². The minimum atomic E-state index is -0.943. The average Bonchev–Trinajstić information content (AvgIpc) is 2.43. The monoisotopic (exact) mass is 334 g/mol. The standard InChI is InChI=1S/C11H18N6O4.ClH/c1-6-4-9(21-3-2-18)8(17(15)11(13)20)5-7(6)16(14)10(12)19;/h4-5,18H,2-3,14-15H2,1H3,(H2,12,19)(H2,13,20);1H. The maximum absolute atomic E-state index is 11.2.